The first-order chi connectivity index (χ1) is 8.20. The molecule has 0 aliphatic heterocycles. The van der Waals surface area contributed by atoms with Crippen LogP contribution in [-0.2, 0) is 9.53 Å². The average Bonchev–Trinajstić information content (AvgIpc) is 2.97. The largest absolute Gasteiger partial charge is 0.468 e. The van der Waals surface area contributed by atoms with Crippen LogP contribution in [0.2, 0.25) is 0 Å². The van der Waals surface area contributed by atoms with Crippen LogP contribution in [-0.4, -0.2) is 33.5 Å². The van der Waals surface area contributed by atoms with Crippen molar-refractivity contribution in [3.05, 3.63) is 17.5 Å². The van der Waals surface area contributed by atoms with Gasteiger partial charge in [-0.05, 0) is 18.4 Å². The lowest BCUT2D eigenvalue weighted by Crippen LogP contribution is -2.14. The van der Waals surface area contributed by atoms with Crippen LogP contribution in [0.15, 0.2) is 22.7 Å². The van der Waals surface area contributed by atoms with E-state index in [0.717, 1.165) is 10.7 Å². The van der Waals surface area contributed by atoms with Crippen molar-refractivity contribution in [2.45, 2.75) is 17.3 Å². The van der Waals surface area contributed by atoms with Gasteiger partial charge in [0.1, 0.15) is 5.25 Å². The van der Waals surface area contributed by atoms with Crippen molar-refractivity contribution in [3.8, 4) is 10.7 Å². The molecule has 0 aliphatic carbocycles. The molecule has 0 saturated heterocycles. The molecule has 0 fully saturated rings. The highest BCUT2D eigenvalue weighted by Gasteiger charge is 2.17. The normalized spacial score (nSPS) is 12.4. The number of nitrogens with one attached hydrogen (secondary N) is 1. The van der Waals surface area contributed by atoms with Gasteiger partial charge in [0.05, 0.1) is 12.0 Å². The molecule has 2 aromatic rings. The molecule has 0 aromatic carbocycles. The van der Waals surface area contributed by atoms with Crippen LogP contribution in [0.4, 0.5) is 0 Å². The number of carbonyl (C=O) groups excluding carboxylic acids is 1. The molecule has 5 nitrogen and oxygen atoms in total. The van der Waals surface area contributed by atoms with E-state index in [-0.39, 0.29) is 11.2 Å². The second-order valence-electron chi connectivity index (χ2n) is 3.23. The maximum Gasteiger partial charge on any atom is 0.318 e. The van der Waals surface area contributed by atoms with Crippen molar-refractivity contribution in [3.63, 3.8) is 0 Å². The molecule has 2 aromatic heterocycles. The Bertz CT molecular complexity index is 495. The number of hydrogen-bond acceptors (Lipinski definition) is 6. The number of thioether (sulfide) groups is 1. The zero-order chi connectivity index (χ0) is 12.3. The van der Waals surface area contributed by atoms with E-state index in [2.05, 4.69) is 19.9 Å². The first-order valence-corrected chi connectivity index (χ1v) is 6.67. The fourth-order valence-corrected chi connectivity index (χ4v) is 2.61. The lowest BCUT2D eigenvalue weighted by Gasteiger charge is -2.04. The number of nitrogens with zero attached hydrogens (tertiary/aromatic N) is 2. The summed E-state index contributed by atoms with van der Waals surface area (Å²) in [5.41, 5.74) is 0. The Morgan fingerprint density at radius 1 is 1.65 bits per heavy atom. The summed E-state index contributed by atoms with van der Waals surface area (Å²) in [4.78, 5) is 16.6. The van der Waals surface area contributed by atoms with Gasteiger partial charge in [0.15, 0.2) is 5.82 Å². The summed E-state index contributed by atoms with van der Waals surface area (Å²) in [5.74, 6) is 0.442. The molecule has 2 heterocycles. The Balaban J connectivity index is 2.06. The van der Waals surface area contributed by atoms with Gasteiger partial charge in [-0.15, -0.1) is 16.4 Å². The van der Waals surface area contributed by atoms with Gasteiger partial charge in [-0.1, -0.05) is 17.8 Å². The van der Waals surface area contributed by atoms with Crippen LogP contribution in [0.3, 0.4) is 0 Å². The Hall–Kier alpha value is -1.34. The number of aromatic amines is 1. The minimum Gasteiger partial charge on any atom is -0.468 e. The molecule has 0 bridgehead atoms. The molecule has 0 aliphatic rings. The van der Waals surface area contributed by atoms with Gasteiger partial charge in [0, 0.05) is 0 Å². The van der Waals surface area contributed by atoms with E-state index in [1.165, 1.54) is 18.9 Å². The summed E-state index contributed by atoms with van der Waals surface area (Å²) in [6, 6.07) is 3.91. The minimum absolute atomic E-state index is 0.280. The standard InChI is InChI=1S/C10H11N3O2S2/c1-6(9(14)15-2)17-10-11-8(12-13-10)7-4-3-5-16-7/h3-6H,1-2H3,(H,11,12,13)/t6-/m1/s1. The first-order valence-electron chi connectivity index (χ1n) is 4.91. The number of H-pyrrole nitrogens is 1. The maximum absolute atomic E-state index is 11.2. The fraction of sp³-hybridized carbons (Fsp3) is 0.300. The molecule has 1 N–H and O–H groups in total. The molecule has 1 atom stereocenters. The third-order valence-corrected chi connectivity index (χ3v) is 3.85. The van der Waals surface area contributed by atoms with E-state index in [0.29, 0.717) is 5.16 Å². The van der Waals surface area contributed by atoms with E-state index < -0.39 is 0 Å². The molecular weight excluding hydrogens is 258 g/mol. The lowest BCUT2D eigenvalue weighted by atomic mass is 10.4. The highest BCUT2D eigenvalue weighted by molar-refractivity contribution is 8.00. The summed E-state index contributed by atoms with van der Waals surface area (Å²) in [6.07, 6.45) is 0. The number of esters is 1. The van der Waals surface area contributed by atoms with E-state index in [9.17, 15) is 4.79 Å². The molecule has 17 heavy (non-hydrogen) atoms. The summed E-state index contributed by atoms with van der Waals surface area (Å²) in [6.45, 7) is 1.76. The average molecular weight is 269 g/mol. The van der Waals surface area contributed by atoms with Crippen LogP contribution in [0.5, 0.6) is 0 Å². The van der Waals surface area contributed by atoms with Crippen molar-refractivity contribution in [1.29, 1.82) is 0 Å². The van der Waals surface area contributed by atoms with Crippen molar-refractivity contribution >= 4 is 29.1 Å². The van der Waals surface area contributed by atoms with Crippen LogP contribution >= 0.6 is 23.1 Å². The number of rotatable bonds is 4. The van der Waals surface area contributed by atoms with E-state index in [1.807, 2.05) is 17.5 Å². The minimum atomic E-state index is -0.313. The third-order valence-electron chi connectivity index (χ3n) is 2.03. The molecule has 0 unspecified atom stereocenters. The first kappa shape index (κ1) is 12.1. The zero-order valence-corrected chi connectivity index (χ0v) is 11.0. The highest BCUT2D eigenvalue weighted by atomic mass is 32.2. The Morgan fingerprint density at radius 3 is 3.12 bits per heavy atom. The molecule has 0 saturated carbocycles. The maximum atomic E-state index is 11.2. The van der Waals surface area contributed by atoms with Gasteiger partial charge in [-0.2, -0.15) is 0 Å². The number of methoxy groups -OCH3 is 1. The van der Waals surface area contributed by atoms with Crippen LogP contribution < -0.4 is 0 Å². The lowest BCUT2D eigenvalue weighted by molar-refractivity contribution is -0.139. The summed E-state index contributed by atoms with van der Waals surface area (Å²) < 4.78 is 4.64. The van der Waals surface area contributed by atoms with Gasteiger partial charge in [-0.3, -0.25) is 9.89 Å². The number of ether oxygens (including phenoxy) is 1. The Labute approximate surface area is 107 Å². The van der Waals surface area contributed by atoms with Gasteiger partial charge < -0.3 is 4.74 Å². The zero-order valence-electron chi connectivity index (χ0n) is 9.34. The molecule has 0 spiro atoms. The SMILES string of the molecule is COC(=O)[C@@H](C)Sc1n[nH]c(-c2cccs2)n1. The van der Waals surface area contributed by atoms with E-state index in [1.54, 1.807) is 18.3 Å². The number of hydrogen-bond donors (Lipinski definition) is 1. The van der Waals surface area contributed by atoms with Gasteiger partial charge >= 0.3 is 5.97 Å². The van der Waals surface area contributed by atoms with E-state index in [4.69, 9.17) is 0 Å². The van der Waals surface area contributed by atoms with Crippen LogP contribution in [0, 0.1) is 0 Å². The molecule has 0 amide bonds. The van der Waals surface area contributed by atoms with Crippen molar-refractivity contribution in [1.82, 2.24) is 15.2 Å². The van der Waals surface area contributed by atoms with Crippen molar-refractivity contribution < 1.29 is 9.53 Å². The summed E-state index contributed by atoms with van der Waals surface area (Å²) >= 11 is 2.86. The van der Waals surface area contributed by atoms with Crippen LogP contribution in [0.1, 0.15) is 6.92 Å². The Kier molecular flexibility index (Phi) is 3.80. The van der Waals surface area contributed by atoms with Crippen molar-refractivity contribution in [2.24, 2.45) is 0 Å². The molecule has 7 heteroatoms. The topological polar surface area (TPSA) is 67.9 Å². The molecule has 2 rings (SSSR count). The fourth-order valence-electron chi connectivity index (χ4n) is 1.19. The summed E-state index contributed by atoms with van der Waals surface area (Å²) in [5, 5.41) is 9.11. The molecule has 0 radical (unpaired) electrons. The third kappa shape index (κ3) is 2.86. The van der Waals surface area contributed by atoms with Gasteiger partial charge in [0.25, 0.3) is 0 Å². The second kappa shape index (κ2) is 5.33. The monoisotopic (exact) mass is 269 g/mol. The predicted molar refractivity (Wildman–Crippen MR) is 67.0 cm³/mol. The smallest absolute Gasteiger partial charge is 0.318 e. The quantitative estimate of drug-likeness (QED) is 0.680. The van der Waals surface area contributed by atoms with Gasteiger partial charge in [0.2, 0.25) is 5.16 Å². The Morgan fingerprint density at radius 2 is 2.47 bits per heavy atom. The number of aromatic nitrogens is 3. The van der Waals surface area contributed by atoms with E-state index >= 15 is 0 Å². The van der Waals surface area contributed by atoms with Crippen molar-refractivity contribution in [2.75, 3.05) is 7.11 Å². The molecular formula is C10H11N3O2S2. The highest BCUT2D eigenvalue weighted by Crippen LogP contribution is 2.25. The number of carbonyl (C=O) groups is 1. The molecule has 90 valence electrons. The number of thiophene rings is 1. The second-order valence-corrected chi connectivity index (χ2v) is 5.48. The van der Waals surface area contributed by atoms with Gasteiger partial charge in [-0.25, -0.2) is 4.98 Å². The predicted octanol–water partition coefficient (Wildman–Crippen LogP) is 2.19. The summed E-state index contributed by atoms with van der Waals surface area (Å²) in [7, 11) is 1.37. The van der Waals surface area contributed by atoms with Crippen LogP contribution in [0.25, 0.3) is 10.7 Å².